The maximum atomic E-state index is 12.7. The third-order valence-corrected chi connectivity index (χ3v) is 6.20. The molecule has 0 atom stereocenters. The number of hydrogen-bond donors (Lipinski definition) is 0. The maximum absolute atomic E-state index is 12.7. The summed E-state index contributed by atoms with van der Waals surface area (Å²) in [4.78, 5) is 8.25. The number of pyridine rings is 2. The highest BCUT2D eigenvalue weighted by molar-refractivity contribution is 7.91. The number of nitrogens with zero attached hydrogens (tertiary/aromatic N) is 3. The van der Waals surface area contributed by atoms with Crippen molar-refractivity contribution >= 4 is 9.84 Å². The molecule has 138 valence electrons. The standard InChI is InChI=1S/C20H25N3O2S/c1-19(2,3)15-7-9-18(23-13-15)26(24,25)11-10-20(4,5)16-6-8-17(12-21)22-14-16/h6-9,13-14H,10-11H2,1-5H3. The Morgan fingerprint density at radius 3 is 2.04 bits per heavy atom. The molecule has 0 amide bonds. The fourth-order valence-electron chi connectivity index (χ4n) is 2.51. The van der Waals surface area contributed by atoms with E-state index in [-0.39, 0.29) is 21.6 Å². The van der Waals surface area contributed by atoms with Crippen LogP contribution in [0.5, 0.6) is 0 Å². The zero-order valence-electron chi connectivity index (χ0n) is 15.9. The molecule has 0 saturated heterocycles. The summed E-state index contributed by atoms with van der Waals surface area (Å²) in [6, 6.07) is 8.88. The molecule has 0 fully saturated rings. The van der Waals surface area contributed by atoms with Crippen molar-refractivity contribution in [3.05, 3.63) is 53.5 Å². The van der Waals surface area contributed by atoms with Crippen LogP contribution in [0.25, 0.3) is 0 Å². The van der Waals surface area contributed by atoms with Crippen molar-refractivity contribution in [2.24, 2.45) is 0 Å². The monoisotopic (exact) mass is 371 g/mol. The van der Waals surface area contributed by atoms with E-state index in [1.54, 1.807) is 24.5 Å². The Balaban J connectivity index is 2.14. The first kappa shape index (κ1) is 20.1. The molecule has 5 nitrogen and oxygen atoms in total. The Kier molecular flexibility index (Phi) is 5.52. The average Bonchev–Trinajstić information content (AvgIpc) is 2.60. The molecule has 0 aromatic carbocycles. The van der Waals surface area contributed by atoms with Gasteiger partial charge in [0.2, 0.25) is 0 Å². The van der Waals surface area contributed by atoms with E-state index >= 15 is 0 Å². The second-order valence-electron chi connectivity index (χ2n) is 8.13. The van der Waals surface area contributed by atoms with E-state index < -0.39 is 9.84 Å². The lowest BCUT2D eigenvalue weighted by atomic mass is 9.83. The van der Waals surface area contributed by atoms with Crippen LogP contribution in [0.3, 0.4) is 0 Å². The molecule has 2 heterocycles. The molecule has 0 saturated carbocycles. The van der Waals surface area contributed by atoms with Crippen LogP contribution in [0.1, 0.15) is 57.9 Å². The van der Waals surface area contributed by atoms with Crippen molar-refractivity contribution in [1.82, 2.24) is 9.97 Å². The van der Waals surface area contributed by atoms with E-state index in [0.717, 1.165) is 11.1 Å². The van der Waals surface area contributed by atoms with Crippen molar-refractivity contribution in [1.29, 1.82) is 5.26 Å². The molecule has 0 spiro atoms. The second kappa shape index (κ2) is 7.16. The molecule has 2 aromatic rings. The molecule has 2 rings (SSSR count). The zero-order valence-corrected chi connectivity index (χ0v) is 16.8. The Labute approximate surface area is 156 Å². The van der Waals surface area contributed by atoms with Crippen LogP contribution in [-0.2, 0) is 20.7 Å². The normalized spacial score (nSPS) is 12.6. The van der Waals surface area contributed by atoms with Crippen molar-refractivity contribution in [2.75, 3.05) is 5.75 Å². The Bertz CT molecular complexity index is 902. The lowest BCUT2D eigenvalue weighted by Gasteiger charge is -2.24. The van der Waals surface area contributed by atoms with E-state index in [4.69, 9.17) is 5.26 Å². The summed E-state index contributed by atoms with van der Waals surface area (Å²) in [6.07, 6.45) is 3.72. The fraction of sp³-hybridized carbons (Fsp3) is 0.450. The molecular weight excluding hydrogens is 346 g/mol. The third kappa shape index (κ3) is 4.67. The summed E-state index contributed by atoms with van der Waals surface area (Å²) < 4.78 is 25.3. The highest BCUT2D eigenvalue weighted by atomic mass is 32.2. The van der Waals surface area contributed by atoms with E-state index in [1.807, 2.05) is 32.0 Å². The molecule has 0 aliphatic carbocycles. The van der Waals surface area contributed by atoms with Crippen LogP contribution in [0.15, 0.2) is 41.7 Å². The number of aromatic nitrogens is 2. The van der Waals surface area contributed by atoms with Crippen LogP contribution < -0.4 is 0 Å². The highest BCUT2D eigenvalue weighted by Gasteiger charge is 2.26. The summed E-state index contributed by atoms with van der Waals surface area (Å²) in [7, 11) is -3.46. The topological polar surface area (TPSA) is 83.7 Å². The Hall–Kier alpha value is -2.26. The summed E-state index contributed by atoms with van der Waals surface area (Å²) in [5.41, 5.74) is 1.81. The summed E-state index contributed by atoms with van der Waals surface area (Å²) >= 11 is 0. The largest absolute Gasteiger partial charge is 0.245 e. The third-order valence-electron chi connectivity index (χ3n) is 4.58. The minimum Gasteiger partial charge on any atom is -0.245 e. The molecule has 0 bridgehead atoms. The fourth-order valence-corrected chi connectivity index (χ4v) is 3.98. The molecule has 0 unspecified atom stereocenters. The van der Waals surface area contributed by atoms with Gasteiger partial charge in [-0.2, -0.15) is 5.26 Å². The first-order valence-electron chi connectivity index (χ1n) is 8.52. The molecule has 0 aliphatic heterocycles. The number of sulfone groups is 1. The van der Waals surface area contributed by atoms with Gasteiger partial charge in [-0.05, 0) is 40.5 Å². The van der Waals surface area contributed by atoms with Gasteiger partial charge in [0, 0.05) is 12.4 Å². The highest BCUT2D eigenvalue weighted by Crippen LogP contribution is 2.28. The van der Waals surface area contributed by atoms with Gasteiger partial charge in [0.15, 0.2) is 14.9 Å². The van der Waals surface area contributed by atoms with Gasteiger partial charge in [0.1, 0.15) is 11.8 Å². The van der Waals surface area contributed by atoms with Crippen molar-refractivity contribution in [3.8, 4) is 6.07 Å². The van der Waals surface area contributed by atoms with Gasteiger partial charge in [0.05, 0.1) is 5.75 Å². The Morgan fingerprint density at radius 2 is 1.58 bits per heavy atom. The summed E-state index contributed by atoms with van der Waals surface area (Å²) in [5.74, 6) is 0.00185. The predicted molar refractivity (Wildman–Crippen MR) is 102 cm³/mol. The molecule has 0 radical (unpaired) electrons. The van der Waals surface area contributed by atoms with Gasteiger partial charge < -0.3 is 0 Å². The van der Waals surface area contributed by atoms with Gasteiger partial charge in [-0.25, -0.2) is 18.4 Å². The van der Waals surface area contributed by atoms with Crippen LogP contribution in [0.4, 0.5) is 0 Å². The maximum Gasteiger partial charge on any atom is 0.195 e. The van der Waals surface area contributed by atoms with Gasteiger partial charge in [-0.1, -0.05) is 46.8 Å². The second-order valence-corrected chi connectivity index (χ2v) is 10.2. The van der Waals surface area contributed by atoms with E-state index in [2.05, 4.69) is 30.7 Å². The van der Waals surface area contributed by atoms with E-state index in [1.165, 1.54) is 0 Å². The van der Waals surface area contributed by atoms with Crippen molar-refractivity contribution in [2.45, 2.75) is 56.9 Å². The van der Waals surface area contributed by atoms with Crippen LogP contribution in [-0.4, -0.2) is 24.1 Å². The molecule has 0 aliphatic rings. The summed E-state index contributed by atoms with van der Waals surface area (Å²) in [5, 5.41) is 8.95. The van der Waals surface area contributed by atoms with Gasteiger partial charge in [-0.3, -0.25) is 0 Å². The lowest BCUT2D eigenvalue weighted by molar-refractivity contribution is 0.497. The smallest absolute Gasteiger partial charge is 0.195 e. The number of nitriles is 1. The zero-order chi connectivity index (χ0) is 19.6. The van der Waals surface area contributed by atoms with Crippen molar-refractivity contribution in [3.63, 3.8) is 0 Å². The minimum atomic E-state index is -3.46. The molecule has 26 heavy (non-hydrogen) atoms. The number of rotatable bonds is 5. The van der Waals surface area contributed by atoms with Crippen molar-refractivity contribution < 1.29 is 8.42 Å². The van der Waals surface area contributed by atoms with Gasteiger partial charge in [0.25, 0.3) is 0 Å². The first-order valence-corrected chi connectivity index (χ1v) is 10.2. The van der Waals surface area contributed by atoms with E-state index in [9.17, 15) is 8.42 Å². The van der Waals surface area contributed by atoms with Gasteiger partial charge in [-0.15, -0.1) is 0 Å². The van der Waals surface area contributed by atoms with E-state index in [0.29, 0.717) is 12.1 Å². The van der Waals surface area contributed by atoms with Crippen LogP contribution in [0.2, 0.25) is 0 Å². The average molecular weight is 372 g/mol. The molecular formula is C20H25N3O2S. The SMILES string of the molecule is CC(C)(C)c1ccc(S(=O)(=O)CCC(C)(C)c2ccc(C#N)nc2)nc1. The first-order chi connectivity index (χ1) is 12.0. The van der Waals surface area contributed by atoms with Crippen LogP contribution in [0, 0.1) is 11.3 Å². The number of hydrogen-bond acceptors (Lipinski definition) is 5. The molecule has 2 aromatic heterocycles. The van der Waals surface area contributed by atoms with Gasteiger partial charge >= 0.3 is 0 Å². The Morgan fingerprint density at radius 1 is 0.962 bits per heavy atom. The van der Waals surface area contributed by atoms with Crippen LogP contribution >= 0.6 is 0 Å². The molecule has 0 N–H and O–H groups in total. The quantitative estimate of drug-likeness (QED) is 0.798. The summed E-state index contributed by atoms with van der Waals surface area (Å²) in [6.45, 7) is 10.1. The lowest BCUT2D eigenvalue weighted by Crippen LogP contribution is -2.23. The predicted octanol–water partition coefficient (Wildman–Crippen LogP) is 3.79. The molecule has 6 heteroatoms. The minimum absolute atomic E-state index is 0.00185.